The molecule has 0 unspecified atom stereocenters. The van der Waals surface area contributed by atoms with Crippen molar-refractivity contribution in [3.05, 3.63) is 89.5 Å². The number of nitrogens with zero attached hydrogens (tertiary/aromatic N) is 1. The van der Waals surface area contributed by atoms with Crippen LogP contribution in [0.15, 0.2) is 77.7 Å². The Morgan fingerprint density at radius 1 is 0.944 bits per heavy atom. The number of amides is 1. The topological polar surface area (TPSA) is 78.5 Å². The van der Waals surface area contributed by atoms with E-state index in [9.17, 15) is 13.2 Å². The first kappa shape index (κ1) is 24.8. The predicted molar refractivity (Wildman–Crippen MR) is 144 cm³/mol. The number of anilines is 2. The third-order valence-electron chi connectivity index (χ3n) is 6.95. The number of rotatable bonds is 7. The van der Waals surface area contributed by atoms with Gasteiger partial charge in [0.15, 0.2) is 0 Å². The van der Waals surface area contributed by atoms with Gasteiger partial charge in [-0.05, 0) is 67.0 Å². The molecule has 36 heavy (non-hydrogen) atoms. The van der Waals surface area contributed by atoms with Gasteiger partial charge >= 0.3 is 0 Å². The summed E-state index contributed by atoms with van der Waals surface area (Å²) in [5.41, 5.74) is 3.95. The lowest BCUT2D eigenvalue weighted by molar-refractivity contribution is -0.116. The van der Waals surface area contributed by atoms with Gasteiger partial charge in [0.2, 0.25) is 15.9 Å². The number of carbonyl (C=O) groups is 1. The first-order valence-electron chi connectivity index (χ1n) is 12.4. The largest absolute Gasteiger partial charge is 0.370 e. The maximum atomic E-state index is 13.8. The fourth-order valence-corrected chi connectivity index (χ4v) is 6.83. The molecule has 0 radical (unpaired) electrons. The molecule has 1 saturated heterocycles. The van der Waals surface area contributed by atoms with Gasteiger partial charge in [-0.15, -0.1) is 11.6 Å². The molecule has 0 aromatic heterocycles. The van der Waals surface area contributed by atoms with Crippen LogP contribution in [0.1, 0.15) is 53.8 Å². The van der Waals surface area contributed by atoms with E-state index in [2.05, 4.69) is 21.0 Å². The van der Waals surface area contributed by atoms with Crippen LogP contribution in [0.2, 0.25) is 0 Å². The molecule has 1 fully saturated rings. The molecule has 2 N–H and O–H groups in total. The summed E-state index contributed by atoms with van der Waals surface area (Å²) in [7, 11) is -3.88. The second-order valence-corrected chi connectivity index (χ2v) is 11.5. The summed E-state index contributed by atoms with van der Waals surface area (Å²) in [6.45, 7) is 1.61. The number of aryl methyl sites for hydroxylation is 1. The van der Waals surface area contributed by atoms with Gasteiger partial charge in [0, 0.05) is 24.8 Å². The molecular formula is C28H30ClN3O3S. The minimum Gasteiger partial charge on any atom is -0.370 e. The maximum Gasteiger partial charge on any atom is 0.246 e. The number of carbonyl (C=O) groups excluding carboxylic acids is 1. The van der Waals surface area contributed by atoms with Crippen LogP contribution in [0.5, 0.6) is 0 Å². The van der Waals surface area contributed by atoms with Gasteiger partial charge in [-0.3, -0.25) is 4.79 Å². The molecule has 3 aromatic rings. The Morgan fingerprint density at radius 2 is 1.67 bits per heavy atom. The van der Waals surface area contributed by atoms with Crippen molar-refractivity contribution in [2.75, 3.05) is 23.3 Å². The molecule has 0 spiro atoms. The molecule has 1 aliphatic heterocycles. The van der Waals surface area contributed by atoms with Crippen molar-refractivity contribution in [3.63, 3.8) is 0 Å². The average Bonchev–Trinajstić information content (AvgIpc) is 3.44. The van der Waals surface area contributed by atoms with E-state index in [1.165, 1.54) is 5.56 Å². The van der Waals surface area contributed by atoms with Crippen LogP contribution >= 0.6 is 11.6 Å². The molecule has 3 aromatic carbocycles. The lowest BCUT2D eigenvalue weighted by atomic mass is 9.88. The van der Waals surface area contributed by atoms with E-state index < -0.39 is 21.3 Å². The van der Waals surface area contributed by atoms with Crippen LogP contribution in [0, 0.1) is 0 Å². The monoisotopic (exact) mass is 523 g/mol. The van der Waals surface area contributed by atoms with E-state index in [1.54, 1.807) is 30.3 Å². The van der Waals surface area contributed by atoms with Gasteiger partial charge in [0.05, 0.1) is 5.69 Å². The average molecular weight is 524 g/mol. The van der Waals surface area contributed by atoms with Gasteiger partial charge in [-0.1, -0.05) is 54.6 Å². The lowest BCUT2D eigenvalue weighted by Gasteiger charge is -2.28. The molecule has 188 valence electrons. The molecule has 2 aliphatic rings. The van der Waals surface area contributed by atoms with E-state index in [0.717, 1.165) is 50.8 Å². The Bertz CT molecular complexity index is 1340. The summed E-state index contributed by atoms with van der Waals surface area (Å²) < 4.78 is 30.6. The summed E-state index contributed by atoms with van der Waals surface area (Å²) in [5, 5.41) is 1.92. The number of alkyl halides is 1. The number of hydrogen-bond acceptors (Lipinski definition) is 4. The number of hydrogen-bond donors (Lipinski definition) is 2. The van der Waals surface area contributed by atoms with E-state index in [1.807, 2.05) is 36.4 Å². The Balaban J connectivity index is 1.45. The van der Waals surface area contributed by atoms with Crippen molar-refractivity contribution in [1.29, 1.82) is 0 Å². The molecule has 0 bridgehead atoms. The third kappa shape index (κ3) is 5.28. The summed E-state index contributed by atoms with van der Waals surface area (Å²) in [6, 6.07) is 21.9. The maximum absolute atomic E-state index is 13.8. The van der Waals surface area contributed by atoms with Crippen molar-refractivity contribution in [2.45, 2.75) is 48.4 Å². The van der Waals surface area contributed by atoms with Crippen molar-refractivity contribution < 1.29 is 13.2 Å². The fraction of sp³-hybridized carbons (Fsp3) is 0.321. The minimum atomic E-state index is -3.88. The fourth-order valence-electron chi connectivity index (χ4n) is 5.13. The molecule has 1 heterocycles. The highest BCUT2D eigenvalue weighted by Crippen LogP contribution is 2.35. The molecule has 2 atom stereocenters. The van der Waals surface area contributed by atoms with Crippen LogP contribution < -0.4 is 14.9 Å². The van der Waals surface area contributed by atoms with Crippen molar-refractivity contribution in [3.8, 4) is 0 Å². The van der Waals surface area contributed by atoms with Crippen LogP contribution in [0.25, 0.3) is 0 Å². The van der Waals surface area contributed by atoms with Crippen LogP contribution in [0.3, 0.4) is 0 Å². The molecular weight excluding hydrogens is 494 g/mol. The van der Waals surface area contributed by atoms with Gasteiger partial charge in [0.1, 0.15) is 10.3 Å². The summed E-state index contributed by atoms with van der Waals surface area (Å²) >= 11 is 6.40. The van der Waals surface area contributed by atoms with Crippen molar-refractivity contribution in [2.24, 2.45) is 0 Å². The molecule has 1 aliphatic carbocycles. The Morgan fingerprint density at radius 3 is 2.44 bits per heavy atom. The highest BCUT2D eigenvalue weighted by molar-refractivity contribution is 7.89. The van der Waals surface area contributed by atoms with Gasteiger partial charge < -0.3 is 10.2 Å². The minimum absolute atomic E-state index is 0.177. The number of benzene rings is 3. The zero-order valence-electron chi connectivity index (χ0n) is 20.0. The molecule has 1 amide bonds. The number of fused-ring (bicyclic) bond motifs is 1. The highest BCUT2D eigenvalue weighted by Gasteiger charge is 2.30. The first-order chi connectivity index (χ1) is 17.4. The lowest BCUT2D eigenvalue weighted by Crippen LogP contribution is -2.32. The molecule has 6 nitrogen and oxygen atoms in total. The Labute approximate surface area is 217 Å². The van der Waals surface area contributed by atoms with Crippen LogP contribution in [0.4, 0.5) is 11.4 Å². The molecule has 5 rings (SSSR count). The second kappa shape index (κ2) is 10.6. The van der Waals surface area contributed by atoms with E-state index in [4.69, 9.17) is 11.6 Å². The van der Waals surface area contributed by atoms with E-state index >= 15 is 0 Å². The Kier molecular flexibility index (Phi) is 7.32. The first-order valence-corrected chi connectivity index (χ1v) is 14.3. The Hall–Kier alpha value is -2.87. The van der Waals surface area contributed by atoms with Gasteiger partial charge in [0.25, 0.3) is 0 Å². The quantitative estimate of drug-likeness (QED) is 0.397. The number of sulfonamides is 1. The third-order valence-corrected chi connectivity index (χ3v) is 8.90. The van der Waals surface area contributed by atoms with Gasteiger partial charge in [-0.2, -0.15) is 0 Å². The van der Waals surface area contributed by atoms with E-state index in [0.29, 0.717) is 16.9 Å². The van der Waals surface area contributed by atoms with Crippen LogP contribution in [-0.4, -0.2) is 27.4 Å². The molecule has 8 heteroatoms. The zero-order valence-corrected chi connectivity index (χ0v) is 21.6. The number of nitrogens with one attached hydrogen (secondary N) is 2. The summed E-state index contributed by atoms with van der Waals surface area (Å²) in [6.07, 6.45) is 4.67. The number of halogens is 1. The standard InChI is InChI=1S/C28H30ClN3O3S/c29-27(21-10-2-1-3-11-21)28(33)30-22-15-16-25(32-17-6-7-18-32)26(19-22)36(34,35)31-24-14-8-12-20-9-4-5-13-23(20)24/h1-5,9-11,13,15-16,19,24,27,31H,6-8,12,14,17-18H2,(H,30,33)/t24-,27-/m0/s1. The highest BCUT2D eigenvalue weighted by atomic mass is 35.5. The summed E-state index contributed by atoms with van der Waals surface area (Å²) in [4.78, 5) is 15.1. The van der Waals surface area contributed by atoms with Crippen LogP contribution in [-0.2, 0) is 21.2 Å². The predicted octanol–water partition coefficient (Wildman–Crippen LogP) is 5.56. The van der Waals surface area contributed by atoms with Gasteiger partial charge in [-0.25, -0.2) is 13.1 Å². The molecule has 0 saturated carbocycles. The smallest absolute Gasteiger partial charge is 0.246 e. The van der Waals surface area contributed by atoms with Crippen molar-refractivity contribution >= 4 is 38.9 Å². The van der Waals surface area contributed by atoms with E-state index in [-0.39, 0.29) is 10.9 Å². The SMILES string of the molecule is O=C(Nc1ccc(N2CCCC2)c(S(=O)(=O)N[C@H]2CCCc3ccccc32)c1)[C@@H](Cl)c1ccccc1. The van der Waals surface area contributed by atoms with Crippen molar-refractivity contribution in [1.82, 2.24) is 4.72 Å². The zero-order chi connectivity index (χ0) is 25.1. The second-order valence-electron chi connectivity index (χ2n) is 9.40. The summed E-state index contributed by atoms with van der Waals surface area (Å²) in [5.74, 6) is -0.408. The normalized spacial score (nSPS) is 18.5.